The fraction of sp³-hybridized carbons (Fsp3) is 0.182. The molecule has 4 rings (SSSR count). The van der Waals surface area contributed by atoms with Gasteiger partial charge in [-0.25, -0.2) is 9.50 Å². The molecule has 0 unspecified atom stereocenters. The predicted octanol–water partition coefficient (Wildman–Crippen LogP) is 4.55. The molecule has 7 heteroatoms. The van der Waals surface area contributed by atoms with Crippen molar-refractivity contribution in [3.8, 4) is 11.4 Å². The van der Waals surface area contributed by atoms with Crippen LogP contribution in [-0.4, -0.2) is 25.5 Å². The molecule has 0 atom stereocenters. The number of rotatable bonds is 4. The van der Waals surface area contributed by atoms with Crippen LogP contribution in [0.15, 0.2) is 48.5 Å². The summed E-state index contributed by atoms with van der Waals surface area (Å²) in [5, 5.41) is 8.06. The predicted molar refractivity (Wildman–Crippen MR) is 114 cm³/mol. The number of amides is 1. The second-order valence-corrected chi connectivity index (χ2v) is 7.45. The Labute approximate surface area is 173 Å². The van der Waals surface area contributed by atoms with Crippen LogP contribution in [0.25, 0.3) is 17.2 Å². The monoisotopic (exact) mass is 405 g/mol. The van der Waals surface area contributed by atoms with Gasteiger partial charge in [-0.1, -0.05) is 47.5 Å². The topological polar surface area (TPSA) is 72.2 Å². The lowest BCUT2D eigenvalue weighted by Gasteiger charge is -2.11. The lowest BCUT2D eigenvalue weighted by molar-refractivity contribution is -0.115. The lowest BCUT2D eigenvalue weighted by atomic mass is 10.1. The van der Waals surface area contributed by atoms with Crippen LogP contribution in [0.2, 0.25) is 5.02 Å². The molecular formula is C22H20ClN5O. The normalized spacial score (nSPS) is 11.0. The Morgan fingerprint density at radius 2 is 1.83 bits per heavy atom. The summed E-state index contributed by atoms with van der Waals surface area (Å²) >= 11 is 5.99. The van der Waals surface area contributed by atoms with Crippen molar-refractivity contribution >= 4 is 29.0 Å². The summed E-state index contributed by atoms with van der Waals surface area (Å²) in [5.41, 5.74) is 5.21. The summed E-state index contributed by atoms with van der Waals surface area (Å²) in [6.45, 7) is 5.85. The standard InChI is InChI=1S/C22H20ClN5O/c1-13-7-9-16(10-8-13)21-26-22-24-14(2)19(15(3)28(22)27-21)12-20(29)25-18-6-4-5-17(23)11-18/h4-11H,12H2,1-3H3,(H,25,29). The van der Waals surface area contributed by atoms with Crippen LogP contribution < -0.4 is 5.32 Å². The SMILES string of the molecule is Cc1ccc(-c2nc3nc(C)c(CC(=O)Nc4cccc(Cl)c4)c(C)n3n2)cc1. The Bertz CT molecular complexity index is 1210. The number of fused-ring (bicyclic) bond motifs is 1. The first-order valence-corrected chi connectivity index (χ1v) is 9.64. The van der Waals surface area contributed by atoms with E-state index < -0.39 is 0 Å². The zero-order valence-corrected chi connectivity index (χ0v) is 17.2. The smallest absolute Gasteiger partial charge is 0.253 e. The fourth-order valence-corrected chi connectivity index (χ4v) is 3.41. The molecular weight excluding hydrogens is 386 g/mol. The number of benzene rings is 2. The number of halogens is 1. The van der Waals surface area contributed by atoms with Crippen molar-refractivity contribution in [3.63, 3.8) is 0 Å². The van der Waals surface area contributed by atoms with Gasteiger partial charge >= 0.3 is 0 Å². The van der Waals surface area contributed by atoms with E-state index in [0.29, 0.717) is 22.3 Å². The van der Waals surface area contributed by atoms with Crippen molar-refractivity contribution < 1.29 is 4.79 Å². The molecule has 2 aromatic heterocycles. The fourth-order valence-electron chi connectivity index (χ4n) is 3.22. The second-order valence-electron chi connectivity index (χ2n) is 7.01. The van der Waals surface area contributed by atoms with Gasteiger partial charge in [0, 0.05) is 33.2 Å². The molecule has 146 valence electrons. The van der Waals surface area contributed by atoms with Crippen molar-refractivity contribution in [1.82, 2.24) is 19.6 Å². The van der Waals surface area contributed by atoms with E-state index in [-0.39, 0.29) is 12.3 Å². The number of hydrogen-bond acceptors (Lipinski definition) is 4. The van der Waals surface area contributed by atoms with Crippen LogP contribution in [-0.2, 0) is 11.2 Å². The van der Waals surface area contributed by atoms with Crippen molar-refractivity contribution in [3.05, 3.63) is 76.1 Å². The highest BCUT2D eigenvalue weighted by Crippen LogP contribution is 2.21. The van der Waals surface area contributed by atoms with Crippen molar-refractivity contribution in [2.75, 3.05) is 5.32 Å². The summed E-state index contributed by atoms with van der Waals surface area (Å²) < 4.78 is 1.70. The number of carbonyl (C=O) groups excluding carboxylic acids is 1. The van der Waals surface area contributed by atoms with E-state index in [1.54, 1.807) is 28.8 Å². The summed E-state index contributed by atoms with van der Waals surface area (Å²) in [7, 11) is 0. The highest BCUT2D eigenvalue weighted by atomic mass is 35.5. The molecule has 0 aliphatic rings. The molecule has 1 N–H and O–H groups in total. The van der Waals surface area contributed by atoms with Gasteiger partial charge in [0.15, 0.2) is 5.82 Å². The maximum atomic E-state index is 12.6. The summed E-state index contributed by atoms with van der Waals surface area (Å²) in [6.07, 6.45) is 0.187. The van der Waals surface area contributed by atoms with Gasteiger partial charge in [-0.2, -0.15) is 4.98 Å². The van der Waals surface area contributed by atoms with Gasteiger partial charge in [-0.05, 0) is 39.0 Å². The third-order valence-corrected chi connectivity index (χ3v) is 5.04. The highest BCUT2D eigenvalue weighted by Gasteiger charge is 2.17. The molecule has 0 aliphatic heterocycles. The Morgan fingerprint density at radius 3 is 2.55 bits per heavy atom. The van der Waals surface area contributed by atoms with E-state index in [1.807, 2.05) is 45.0 Å². The Kier molecular flexibility index (Phi) is 5.03. The molecule has 2 aromatic carbocycles. The first-order chi connectivity index (χ1) is 13.9. The molecule has 0 fully saturated rings. The van der Waals surface area contributed by atoms with E-state index in [9.17, 15) is 4.79 Å². The lowest BCUT2D eigenvalue weighted by Crippen LogP contribution is -2.17. The molecule has 4 aromatic rings. The van der Waals surface area contributed by atoms with Crippen molar-refractivity contribution in [1.29, 1.82) is 0 Å². The van der Waals surface area contributed by atoms with Crippen LogP contribution in [0.5, 0.6) is 0 Å². The number of hydrogen-bond donors (Lipinski definition) is 1. The number of nitrogens with zero attached hydrogens (tertiary/aromatic N) is 4. The number of nitrogens with one attached hydrogen (secondary N) is 1. The second kappa shape index (κ2) is 7.64. The molecule has 0 radical (unpaired) electrons. The third kappa shape index (κ3) is 3.98. The number of aryl methyl sites for hydroxylation is 3. The summed E-state index contributed by atoms with van der Waals surface area (Å²) in [5.74, 6) is 0.994. The number of anilines is 1. The van der Waals surface area contributed by atoms with Gasteiger partial charge in [-0.3, -0.25) is 4.79 Å². The van der Waals surface area contributed by atoms with Crippen LogP contribution in [0.4, 0.5) is 5.69 Å². The van der Waals surface area contributed by atoms with Crippen LogP contribution in [0, 0.1) is 20.8 Å². The molecule has 0 aliphatic carbocycles. The molecule has 2 heterocycles. The van der Waals surface area contributed by atoms with Gasteiger partial charge in [0.05, 0.1) is 6.42 Å². The van der Waals surface area contributed by atoms with Gasteiger partial charge in [0.1, 0.15) is 0 Å². The zero-order valence-electron chi connectivity index (χ0n) is 16.4. The minimum atomic E-state index is -0.140. The minimum absolute atomic E-state index is 0.140. The van der Waals surface area contributed by atoms with Crippen LogP contribution in [0.3, 0.4) is 0 Å². The van der Waals surface area contributed by atoms with Crippen LogP contribution >= 0.6 is 11.6 Å². The molecule has 0 saturated heterocycles. The van der Waals surface area contributed by atoms with Crippen molar-refractivity contribution in [2.45, 2.75) is 27.2 Å². The van der Waals surface area contributed by atoms with Gasteiger partial charge in [0.25, 0.3) is 5.78 Å². The highest BCUT2D eigenvalue weighted by molar-refractivity contribution is 6.30. The minimum Gasteiger partial charge on any atom is -0.326 e. The van der Waals surface area contributed by atoms with E-state index in [0.717, 1.165) is 22.5 Å². The quantitative estimate of drug-likeness (QED) is 0.540. The maximum Gasteiger partial charge on any atom is 0.253 e. The van der Waals surface area contributed by atoms with Crippen LogP contribution in [0.1, 0.15) is 22.5 Å². The first-order valence-electron chi connectivity index (χ1n) is 9.26. The largest absolute Gasteiger partial charge is 0.326 e. The maximum absolute atomic E-state index is 12.6. The Hall–Kier alpha value is -3.25. The van der Waals surface area contributed by atoms with Gasteiger partial charge < -0.3 is 5.32 Å². The molecule has 1 amide bonds. The van der Waals surface area contributed by atoms with Gasteiger partial charge in [0.2, 0.25) is 5.91 Å². The molecule has 0 saturated carbocycles. The van der Waals surface area contributed by atoms with E-state index in [1.165, 1.54) is 5.56 Å². The molecule has 0 bridgehead atoms. The average Bonchev–Trinajstić information content (AvgIpc) is 3.10. The molecule has 29 heavy (non-hydrogen) atoms. The summed E-state index contributed by atoms with van der Waals surface area (Å²) in [6, 6.07) is 15.1. The van der Waals surface area contributed by atoms with E-state index in [4.69, 9.17) is 11.6 Å². The van der Waals surface area contributed by atoms with Gasteiger partial charge in [-0.15, -0.1) is 5.10 Å². The number of carbonyl (C=O) groups is 1. The Morgan fingerprint density at radius 1 is 1.07 bits per heavy atom. The molecule has 6 nitrogen and oxygen atoms in total. The van der Waals surface area contributed by atoms with E-state index >= 15 is 0 Å². The first kappa shape index (κ1) is 19.1. The zero-order chi connectivity index (χ0) is 20.5. The Balaban J connectivity index is 1.64. The average molecular weight is 406 g/mol. The summed E-state index contributed by atoms with van der Waals surface area (Å²) in [4.78, 5) is 21.7. The molecule has 0 spiro atoms. The van der Waals surface area contributed by atoms with E-state index in [2.05, 4.69) is 20.4 Å². The number of aromatic nitrogens is 4. The third-order valence-electron chi connectivity index (χ3n) is 4.80. The van der Waals surface area contributed by atoms with Crippen molar-refractivity contribution in [2.24, 2.45) is 0 Å².